The second-order valence-electron chi connectivity index (χ2n) is 5.95. The topological polar surface area (TPSA) is 104 Å². The Balaban J connectivity index is 3.68. The van der Waals surface area contributed by atoms with Crippen LogP contribution in [0.3, 0.4) is 0 Å². The zero-order chi connectivity index (χ0) is 16.4. The second kappa shape index (κ2) is 10.6. The van der Waals surface area contributed by atoms with E-state index in [1.807, 2.05) is 13.8 Å². The predicted molar refractivity (Wildman–Crippen MR) is 83.6 cm³/mol. The number of amides is 2. The molecule has 0 radical (unpaired) electrons. The van der Waals surface area contributed by atoms with Crippen molar-refractivity contribution in [3.8, 4) is 0 Å². The maximum atomic E-state index is 11.4. The lowest BCUT2D eigenvalue weighted by Gasteiger charge is -2.21. The minimum Gasteiger partial charge on any atom is -0.391 e. The number of hydrogen-bond acceptors (Lipinski definition) is 4. The summed E-state index contributed by atoms with van der Waals surface area (Å²) in [5, 5.41) is 15.5. The van der Waals surface area contributed by atoms with Gasteiger partial charge in [0.25, 0.3) is 0 Å². The van der Waals surface area contributed by atoms with E-state index >= 15 is 0 Å². The fourth-order valence-corrected chi connectivity index (χ4v) is 1.77. The van der Waals surface area contributed by atoms with Crippen molar-refractivity contribution in [2.75, 3.05) is 6.54 Å². The van der Waals surface area contributed by atoms with Crippen molar-refractivity contribution >= 4 is 11.8 Å². The van der Waals surface area contributed by atoms with E-state index in [-0.39, 0.29) is 23.8 Å². The molecule has 0 aromatic carbocycles. The Morgan fingerprint density at radius 1 is 1.05 bits per heavy atom. The Hall–Kier alpha value is -1.14. The molecule has 0 bridgehead atoms. The highest BCUT2D eigenvalue weighted by molar-refractivity contribution is 5.81. The first-order valence-electron chi connectivity index (χ1n) is 7.77. The lowest BCUT2D eigenvalue weighted by Crippen LogP contribution is -2.47. The highest BCUT2D eigenvalue weighted by atomic mass is 16.3. The summed E-state index contributed by atoms with van der Waals surface area (Å²) in [6.07, 6.45) is 2.74. The van der Waals surface area contributed by atoms with Gasteiger partial charge < -0.3 is 21.5 Å². The molecule has 3 unspecified atom stereocenters. The largest absolute Gasteiger partial charge is 0.391 e. The molecule has 0 aliphatic rings. The normalized spacial score (nSPS) is 15.4. The van der Waals surface area contributed by atoms with Gasteiger partial charge in [0.15, 0.2) is 0 Å². The maximum Gasteiger partial charge on any atom is 0.236 e. The van der Waals surface area contributed by atoms with Crippen molar-refractivity contribution < 1.29 is 14.7 Å². The monoisotopic (exact) mass is 301 g/mol. The second-order valence-corrected chi connectivity index (χ2v) is 5.95. The van der Waals surface area contributed by atoms with Gasteiger partial charge in [-0.2, -0.15) is 0 Å². The standard InChI is InChI=1S/C15H31N3O3/c1-10(2)14(20)17-9-7-5-6-8-13(19)12(4)18-15(21)11(3)16/h10-13,19H,5-9,16H2,1-4H3,(H,17,20)(H,18,21). The SMILES string of the molecule is CC(C)C(=O)NCCCCCC(O)C(C)NC(=O)C(C)N. The number of rotatable bonds is 10. The first kappa shape index (κ1) is 19.9. The van der Waals surface area contributed by atoms with Gasteiger partial charge >= 0.3 is 0 Å². The zero-order valence-corrected chi connectivity index (χ0v) is 13.7. The van der Waals surface area contributed by atoms with E-state index in [4.69, 9.17) is 5.73 Å². The first-order chi connectivity index (χ1) is 9.75. The van der Waals surface area contributed by atoms with E-state index in [2.05, 4.69) is 10.6 Å². The smallest absolute Gasteiger partial charge is 0.236 e. The van der Waals surface area contributed by atoms with Crippen molar-refractivity contribution in [3.05, 3.63) is 0 Å². The van der Waals surface area contributed by atoms with Crippen molar-refractivity contribution in [2.24, 2.45) is 11.7 Å². The van der Waals surface area contributed by atoms with E-state index in [0.29, 0.717) is 13.0 Å². The molecule has 0 rings (SSSR count). The van der Waals surface area contributed by atoms with Crippen LogP contribution in [0.2, 0.25) is 0 Å². The summed E-state index contributed by atoms with van der Waals surface area (Å²) in [5.74, 6) is -0.165. The fourth-order valence-electron chi connectivity index (χ4n) is 1.77. The van der Waals surface area contributed by atoms with Crippen LogP contribution in [-0.2, 0) is 9.59 Å². The van der Waals surface area contributed by atoms with Gasteiger partial charge in [-0.25, -0.2) is 0 Å². The molecule has 21 heavy (non-hydrogen) atoms. The Kier molecular flexibility index (Phi) is 9.99. The average molecular weight is 301 g/mol. The van der Waals surface area contributed by atoms with Crippen LogP contribution < -0.4 is 16.4 Å². The molecular weight excluding hydrogens is 270 g/mol. The molecule has 2 amide bonds. The van der Waals surface area contributed by atoms with Crippen LogP contribution in [0.4, 0.5) is 0 Å². The number of nitrogens with two attached hydrogens (primary N) is 1. The van der Waals surface area contributed by atoms with E-state index in [9.17, 15) is 14.7 Å². The van der Waals surface area contributed by atoms with Gasteiger partial charge in [-0.15, -0.1) is 0 Å². The third-order valence-corrected chi connectivity index (χ3v) is 3.36. The van der Waals surface area contributed by atoms with Gasteiger partial charge in [0.2, 0.25) is 11.8 Å². The molecule has 0 fully saturated rings. The number of nitrogens with one attached hydrogen (secondary N) is 2. The number of hydrogen-bond donors (Lipinski definition) is 4. The molecule has 6 nitrogen and oxygen atoms in total. The number of aliphatic hydroxyl groups is 1. The predicted octanol–water partition coefficient (Wildman–Crippen LogP) is 0.532. The molecule has 0 aromatic heterocycles. The Morgan fingerprint density at radius 3 is 2.19 bits per heavy atom. The average Bonchev–Trinajstić information content (AvgIpc) is 2.41. The van der Waals surface area contributed by atoms with Crippen LogP contribution in [0.1, 0.15) is 53.4 Å². The molecule has 0 aliphatic carbocycles. The summed E-state index contributed by atoms with van der Waals surface area (Å²) < 4.78 is 0. The van der Waals surface area contributed by atoms with Crippen molar-refractivity contribution in [1.82, 2.24) is 10.6 Å². The van der Waals surface area contributed by atoms with Crippen LogP contribution in [0.25, 0.3) is 0 Å². The van der Waals surface area contributed by atoms with Crippen LogP contribution in [0.15, 0.2) is 0 Å². The third-order valence-electron chi connectivity index (χ3n) is 3.36. The number of carbonyl (C=O) groups is 2. The molecule has 3 atom stereocenters. The van der Waals surface area contributed by atoms with Crippen LogP contribution >= 0.6 is 0 Å². The molecule has 0 saturated carbocycles. The summed E-state index contributed by atoms with van der Waals surface area (Å²) in [5.41, 5.74) is 5.46. The van der Waals surface area contributed by atoms with Crippen LogP contribution in [0.5, 0.6) is 0 Å². The molecule has 0 heterocycles. The van der Waals surface area contributed by atoms with E-state index in [1.54, 1.807) is 13.8 Å². The number of aliphatic hydroxyl groups excluding tert-OH is 1. The van der Waals surface area contributed by atoms with Gasteiger partial charge in [-0.1, -0.05) is 26.7 Å². The van der Waals surface area contributed by atoms with Gasteiger partial charge in [0.05, 0.1) is 18.2 Å². The maximum absolute atomic E-state index is 11.4. The zero-order valence-electron chi connectivity index (χ0n) is 13.7. The van der Waals surface area contributed by atoms with Crippen molar-refractivity contribution in [1.29, 1.82) is 0 Å². The highest BCUT2D eigenvalue weighted by Crippen LogP contribution is 2.07. The molecule has 124 valence electrons. The minimum atomic E-state index is -0.571. The van der Waals surface area contributed by atoms with E-state index < -0.39 is 12.1 Å². The summed E-state index contributed by atoms with van der Waals surface area (Å²) in [4.78, 5) is 22.7. The third kappa shape index (κ3) is 9.42. The molecule has 0 saturated heterocycles. The van der Waals surface area contributed by atoms with Crippen molar-refractivity contribution in [2.45, 2.75) is 71.6 Å². The molecule has 6 heteroatoms. The first-order valence-corrected chi connectivity index (χ1v) is 7.77. The number of carbonyl (C=O) groups excluding carboxylic acids is 2. The Bertz CT molecular complexity index is 319. The summed E-state index contributed by atoms with van der Waals surface area (Å²) in [7, 11) is 0. The lowest BCUT2D eigenvalue weighted by molar-refractivity contribution is -0.124. The van der Waals surface area contributed by atoms with Crippen molar-refractivity contribution in [3.63, 3.8) is 0 Å². The minimum absolute atomic E-state index is 0.0150. The van der Waals surface area contributed by atoms with Gasteiger partial charge in [-0.05, 0) is 26.7 Å². The summed E-state index contributed by atoms with van der Waals surface area (Å²) in [6.45, 7) is 7.78. The van der Waals surface area contributed by atoms with Crippen LogP contribution in [0, 0.1) is 5.92 Å². The molecular formula is C15H31N3O3. The van der Waals surface area contributed by atoms with E-state index in [1.165, 1.54) is 0 Å². The Labute approximate surface area is 127 Å². The van der Waals surface area contributed by atoms with Gasteiger partial charge in [-0.3, -0.25) is 9.59 Å². The quantitative estimate of drug-likeness (QED) is 0.442. The highest BCUT2D eigenvalue weighted by Gasteiger charge is 2.17. The molecule has 0 aromatic rings. The lowest BCUT2D eigenvalue weighted by atomic mass is 10.0. The van der Waals surface area contributed by atoms with Gasteiger partial charge in [0.1, 0.15) is 0 Å². The number of unbranched alkanes of at least 4 members (excludes halogenated alkanes) is 2. The molecule has 0 aliphatic heterocycles. The Morgan fingerprint density at radius 2 is 1.67 bits per heavy atom. The van der Waals surface area contributed by atoms with E-state index in [0.717, 1.165) is 19.3 Å². The van der Waals surface area contributed by atoms with Crippen LogP contribution in [-0.4, -0.2) is 41.7 Å². The summed E-state index contributed by atoms with van der Waals surface area (Å²) in [6, 6.07) is -0.867. The summed E-state index contributed by atoms with van der Waals surface area (Å²) >= 11 is 0. The molecule has 0 spiro atoms. The fraction of sp³-hybridized carbons (Fsp3) is 0.867. The molecule has 5 N–H and O–H groups in total. The van der Waals surface area contributed by atoms with Gasteiger partial charge in [0, 0.05) is 12.5 Å².